The molecule has 0 fully saturated rings. The Morgan fingerprint density at radius 1 is 1.17 bits per heavy atom. The number of nitrogens with zero attached hydrogens (tertiary/aromatic N) is 4. The number of hydrogen-bond acceptors (Lipinski definition) is 4. The number of aromatic nitrogens is 4. The minimum atomic E-state index is -0.534. The molecule has 0 aliphatic heterocycles. The molecule has 0 amide bonds. The first kappa shape index (κ1) is 18.3. The fraction of sp³-hybridized carbons (Fsp3) is 0.125. The summed E-state index contributed by atoms with van der Waals surface area (Å²) >= 11 is 5.93. The van der Waals surface area contributed by atoms with E-state index in [1.807, 2.05) is 48.3 Å². The fourth-order valence-electron chi connectivity index (χ4n) is 2.20. The minimum absolute atomic E-state index is 0. The van der Waals surface area contributed by atoms with Crippen LogP contribution in [0.4, 0.5) is 0 Å². The molecule has 2 aromatic heterocycles. The van der Waals surface area contributed by atoms with Crippen molar-refractivity contribution in [3.8, 4) is 16.9 Å². The highest BCUT2D eigenvalue weighted by Gasteiger charge is 2.23. The second kappa shape index (κ2) is 7.71. The molecule has 0 aliphatic carbocycles. The average molecular weight is 457 g/mol. The van der Waals surface area contributed by atoms with Crippen molar-refractivity contribution < 1.29 is 38.1 Å². The van der Waals surface area contributed by atoms with Gasteiger partial charge in [-0.25, -0.2) is 14.0 Å². The van der Waals surface area contributed by atoms with Crippen molar-refractivity contribution in [1.82, 2.24) is 15.0 Å². The third-order valence-electron chi connectivity index (χ3n) is 3.37. The summed E-state index contributed by atoms with van der Waals surface area (Å²) in [7, 11) is 3.23. The molecular weight excluding hydrogens is 443 g/mol. The van der Waals surface area contributed by atoms with Crippen LogP contribution in [0.2, 0.25) is 5.02 Å². The zero-order valence-corrected chi connectivity index (χ0v) is 15.9. The first-order valence-corrected chi connectivity index (χ1v) is 7.23. The van der Waals surface area contributed by atoms with Crippen molar-refractivity contribution >= 4 is 17.6 Å². The second-order valence-electron chi connectivity index (χ2n) is 4.92. The minimum Gasteiger partial charge on any atom is -1.00 e. The topological polar surface area (TPSA) is 60.9 Å². The van der Waals surface area contributed by atoms with E-state index in [1.165, 1.54) is 7.11 Å². The summed E-state index contributed by atoms with van der Waals surface area (Å²) in [5.74, 6) is -0.534. The van der Waals surface area contributed by atoms with Crippen LogP contribution >= 0.6 is 11.6 Å². The number of halogens is 2. The highest BCUT2D eigenvalue weighted by Crippen LogP contribution is 2.25. The highest BCUT2D eigenvalue weighted by molar-refractivity contribution is 6.30. The van der Waals surface area contributed by atoms with E-state index < -0.39 is 5.97 Å². The summed E-state index contributed by atoms with van der Waals surface area (Å²) in [5.41, 5.74) is 2.29. The van der Waals surface area contributed by atoms with E-state index in [0.717, 1.165) is 11.3 Å². The number of hydrogen-bond donors (Lipinski definition) is 0. The molecule has 124 valence electrons. The summed E-state index contributed by atoms with van der Waals surface area (Å²) in [5, 5.41) is 8.70. The van der Waals surface area contributed by atoms with E-state index in [4.69, 9.17) is 16.3 Å². The maximum Gasteiger partial charge on any atom is 0.360 e. The van der Waals surface area contributed by atoms with E-state index >= 15 is 0 Å². The zero-order chi connectivity index (χ0) is 16.4. The molecule has 0 radical (unpaired) electrons. The summed E-state index contributed by atoms with van der Waals surface area (Å²) in [6.45, 7) is 0. The molecule has 3 aromatic rings. The predicted molar refractivity (Wildman–Crippen MR) is 84.3 cm³/mol. The van der Waals surface area contributed by atoms with Gasteiger partial charge in [0.2, 0.25) is 0 Å². The Morgan fingerprint density at radius 3 is 2.38 bits per heavy atom. The molecule has 0 N–H and O–H groups in total. The van der Waals surface area contributed by atoms with Gasteiger partial charge >= 0.3 is 5.97 Å². The fourth-order valence-corrected chi connectivity index (χ4v) is 2.32. The van der Waals surface area contributed by atoms with E-state index in [1.54, 1.807) is 16.8 Å². The van der Waals surface area contributed by atoms with Crippen LogP contribution < -0.4 is 28.5 Å². The van der Waals surface area contributed by atoms with E-state index in [2.05, 4.69) is 10.3 Å². The monoisotopic (exact) mass is 456 g/mol. The Kier molecular flexibility index (Phi) is 5.89. The Hall–Kier alpha value is -2.00. The number of ether oxygens (including phenoxy) is 1. The van der Waals surface area contributed by atoms with Gasteiger partial charge in [0.15, 0.2) is 18.1 Å². The number of carbonyl (C=O) groups excluding carboxylic acids is 1. The van der Waals surface area contributed by atoms with Gasteiger partial charge in [-0.3, -0.25) is 0 Å². The molecule has 2 heterocycles. The molecular formula is C16H14ClIN4O2. The Balaban J connectivity index is 0.00000208. The molecule has 0 atom stereocenters. The summed E-state index contributed by atoms with van der Waals surface area (Å²) in [6.07, 6.45) is 3.77. The normalized spacial score (nSPS) is 10.1. The first-order valence-electron chi connectivity index (χ1n) is 6.86. The van der Waals surface area contributed by atoms with Gasteiger partial charge in [0.05, 0.1) is 12.8 Å². The average Bonchev–Trinajstić information content (AvgIpc) is 3.00. The van der Waals surface area contributed by atoms with Crippen molar-refractivity contribution in [2.45, 2.75) is 0 Å². The number of carbonyl (C=O) groups is 1. The largest absolute Gasteiger partial charge is 1.00 e. The van der Waals surface area contributed by atoms with Gasteiger partial charge in [-0.1, -0.05) is 16.8 Å². The zero-order valence-electron chi connectivity index (χ0n) is 13.0. The highest BCUT2D eigenvalue weighted by atomic mass is 127. The molecule has 0 aliphatic rings. The van der Waals surface area contributed by atoms with Crippen LogP contribution in [0.3, 0.4) is 0 Å². The maximum atomic E-state index is 12.0. The van der Waals surface area contributed by atoms with Crippen molar-refractivity contribution in [3.05, 3.63) is 59.5 Å². The van der Waals surface area contributed by atoms with Crippen molar-refractivity contribution in [2.24, 2.45) is 7.05 Å². The summed E-state index contributed by atoms with van der Waals surface area (Å²) in [6, 6.07) is 10.9. The van der Waals surface area contributed by atoms with Gasteiger partial charge in [-0.05, 0) is 24.3 Å². The van der Waals surface area contributed by atoms with Crippen LogP contribution in [0.25, 0.3) is 16.9 Å². The van der Waals surface area contributed by atoms with Crippen LogP contribution in [0, 0.1) is 0 Å². The quantitative estimate of drug-likeness (QED) is 0.294. The second-order valence-corrected chi connectivity index (χ2v) is 5.36. The first-order chi connectivity index (χ1) is 11.1. The van der Waals surface area contributed by atoms with Crippen molar-refractivity contribution in [2.75, 3.05) is 7.11 Å². The molecule has 6 nitrogen and oxygen atoms in total. The van der Waals surface area contributed by atoms with Crippen molar-refractivity contribution in [1.29, 1.82) is 0 Å². The number of esters is 1. The third kappa shape index (κ3) is 3.57. The molecule has 1 aromatic carbocycles. The number of benzene rings is 1. The van der Waals surface area contributed by atoms with Gasteiger partial charge in [0, 0.05) is 22.7 Å². The van der Waals surface area contributed by atoms with Gasteiger partial charge < -0.3 is 28.7 Å². The molecule has 0 unspecified atom stereocenters. The van der Waals surface area contributed by atoms with Crippen LogP contribution in [0.1, 0.15) is 10.5 Å². The van der Waals surface area contributed by atoms with Crippen molar-refractivity contribution in [3.63, 3.8) is 0 Å². The Bertz CT molecular complexity index is 848. The van der Waals surface area contributed by atoms with Crippen LogP contribution in [-0.4, -0.2) is 28.1 Å². The Morgan fingerprint density at radius 2 is 1.79 bits per heavy atom. The smallest absolute Gasteiger partial charge is 0.360 e. The standard InChI is InChI=1S/C16H14ClN4O2.HI/c1-20-9-7-11(8-10-20)15-14(16(22)23-2)18-19-21(15)13-5-3-12(17)4-6-13;/h3-10H,1-2H3;1H/q+1;/p-1. The van der Waals surface area contributed by atoms with E-state index in [0.29, 0.717) is 10.7 Å². The summed E-state index contributed by atoms with van der Waals surface area (Å²) < 4.78 is 8.31. The maximum absolute atomic E-state index is 12.0. The predicted octanol–water partition coefficient (Wildman–Crippen LogP) is -0.797. The molecule has 0 saturated heterocycles. The molecule has 0 saturated carbocycles. The lowest BCUT2D eigenvalue weighted by molar-refractivity contribution is -0.671. The molecule has 0 bridgehead atoms. The van der Waals surface area contributed by atoms with Gasteiger partial charge in [0.25, 0.3) is 0 Å². The molecule has 8 heteroatoms. The summed E-state index contributed by atoms with van der Waals surface area (Å²) in [4.78, 5) is 12.0. The molecule has 3 rings (SSSR count). The molecule has 24 heavy (non-hydrogen) atoms. The number of methoxy groups -OCH3 is 1. The molecule has 0 spiro atoms. The number of rotatable bonds is 3. The lowest BCUT2D eigenvalue weighted by Crippen LogP contribution is -3.00. The van der Waals surface area contributed by atoms with Crippen LogP contribution in [0.5, 0.6) is 0 Å². The van der Waals surface area contributed by atoms with Crippen LogP contribution in [0.15, 0.2) is 48.8 Å². The van der Waals surface area contributed by atoms with E-state index in [9.17, 15) is 4.79 Å². The SMILES string of the molecule is COC(=O)c1nnn(-c2ccc(Cl)cc2)c1-c1cc[n+](C)cc1.[I-]. The lowest BCUT2D eigenvalue weighted by Gasteiger charge is -2.07. The van der Waals surface area contributed by atoms with Crippen LogP contribution in [-0.2, 0) is 11.8 Å². The lowest BCUT2D eigenvalue weighted by atomic mass is 10.1. The third-order valence-corrected chi connectivity index (χ3v) is 3.62. The van der Waals surface area contributed by atoms with Gasteiger partial charge in [0.1, 0.15) is 12.7 Å². The number of pyridine rings is 1. The van der Waals surface area contributed by atoms with Gasteiger partial charge in [-0.2, -0.15) is 0 Å². The van der Waals surface area contributed by atoms with E-state index in [-0.39, 0.29) is 29.7 Å². The Labute approximate surface area is 161 Å². The number of aryl methyl sites for hydroxylation is 1. The van der Waals surface area contributed by atoms with Gasteiger partial charge in [-0.15, -0.1) is 5.10 Å².